The molecule has 6 heteroatoms. The van der Waals surface area contributed by atoms with Crippen molar-refractivity contribution in [1.82, 2.24) is 0 Å². The molecule has 1 aliphatic carbocycles. The lowest BCUT2D eigenvalue weighted by molar-refractivity contribution is 0.286. The highest BCUT2D eigenvalue weighted by molar-refractivity contribution is 5.86. The first-order valence-corrected chi connectivity index (χ1v) is 10.3. The lowest BCUT2D eigenvalue weighted by Crippen LogP contribution is -2.20. The van der Waals surface area contributed by atoms with E-state index in [0.29, 0.717) is 12.2 Å². The number of phenolic OH excluding ortho intramolecular Hbond substituents is 3. The first kappa shape index (κ1) is 20.8. The molecule has 0 radical (unpaired) electrons. The third-order valence-corrected chi connectivity index (χ3v) is 5.89. The van der Waals surface area contributed by atoms with E-state index in [9.17, 15) is 20.1 Å². The van der Waals surface area contributed by atoms with E-state index in [-0.39, 0.29) is 50.6 Å². The number of hydrogen-bond acceptors (Lipinski definition) is 6. The van der Waals surface area contributed by atoms with Crippen molar-refractivity contribution in [3.05, 3.63) is 57.8 Å². The first-order chi connectivity index (χ1) is 14.6. The lowest BCUT2D eigenvalue weighted by Gasteiger charge is -2.32. The second-order valence-electron chi connectivity index (χ2n) is 9.01. The number of ether oxygens (including phenoxy) is 1. The van der Waals surface area contributed by atoms with Crippen LogP contribution in [0.15, 0.2) is 56.8 Å². The van der Waals surface area contributed by atoms with Gasteiger partial charge in [-0.05, 0) is 55.4 Å². The quantitative estimate of drug-likeness (QED) is 0.380. The highest BCUT2D eigenvalue weighted by Crippen LogP contribution is 2.39. The molecule has 0 aliphatic heterocycles. The van der Waals surface area contributed by atoms with E-state index in [1.165, 1.54) is 47.5 Å². The maximum Gasteiger partial charge on any atom is 0.197 e. The number of phenols is 3. The Morgan fingerprint density at radius 1 is 1.06 bits per heavy atom. The van der Waals surface area contributed by atoms with Crippen LogP contribution in [-0.4, -0.2) is 21.9 Å². The van der Waals surface area contributed by atoms with Crippen molar-refractivity contribution < 1.29 is 24.5 Å². The van der Waals surface area contributed by atoms with Gasteiger partial charge in [0.05, 0.1) is 0 Å². The maximum atomic E-state index is 12.9. The van der Waals surface area contributed by atoms with E-state index in [1.54, 1.807) is 0 Å². The number of rotatable bonds is 4. The molecular formula is C25H26O6. The Hall–Kier alpha value is -3.41. The fourth-order valence-corrected chi connectivity index (χ4v) is 4.17. The predicted molar refractivity (Wildman–Crippen MR) is 119 cm³/mol. The van der Waals surface area contributed by atoms with Gasteiger partial charge in [-0.25, -0.2) is 0 Å². The molecule has 4 rings (SSSR count). The van der Waals surface area contributed by atoms with Crippen LogP contribution in [0.3, 0.4) is 0 Å². The number of aromatic hydroxyl groups is 3. The summed E-state index contributed by atoms with van der Waals surface area (Å²) in [6, 6.07) is 8.24. The fourth-order valence-electron chi connectivity index (χ4n) is 4.17. The van der Waals surface area contributed by atoms with Gasteiger partial charge in [-0.2, -0.15) is 0 Å². The normalized spacial score (nSPS) is 16.0. The molecule has 162 valence electrons. The molecule has 6 nitrogen and oxygen atoms in total. The minimum atomic E-state index is -0.325. The van der Waals surface area contributed by atoms with Gasteiger partial charge >= 0.3 is 0 Å². The largest absolute Gasteiger partial charge is 0.508 e. The second kappa shape index (κ2) is 7.69. The van der Waals surface area contributed by atoms with E-state index in [4.69, 9.17) is 9.15 Å². The standard InChI is InChI=1S/C25H26O6/c1-14-12-25(2,3)7-6-16(14)13-30-22-9-17(26)10-23-24(22)20(29)11-21(31-23)15-4-5-18(27)19(28)8-15/h4-5,8-11,26-28H,6-7,12-13H2,1-3H3. The summed E-state index contributed by atoms with van der Waals surface area (Å²) in [7, 11) is 0. The summed E-state index contributed by atoms with van der Waals surface area (Å²) in [6.45, 7) is 6.99. The Labute approximate surface area is 180 Å². The molecule has 0 fully saturated rings. The number of benzene rings is 2. The summed E-state index contributed by atoms with van der Waals surface area (Å²) >= 11 is 0. The van der Waals surface area contributed by atoms with Gasteiger partial charge in [0.15, 0.2) is 16.9 Å². The highest BCUT2D eigenvalue weighted by Gasteiger charge is 2.25. The van der Waals surface area contributed by atoms with Crippen molar-refractivity contribution >= 4 is 11.0 Å². The second-order valence-corrected chi connectivity index (χ2v) is 9.01. The number of fused-ring (bicyclic) bond motifs is 1. The number of allylic oxidation sites excluding steroid dienone is 1. The van der Waals surface area contributed by atoms with Crippen molar-refractivity contribution in [2.24, 2.45) is 5.41 Å². The average molecular weight is 422 g/mol. The van der Waals surface area contributed by atoms with Crippen molar-refractivity contribution in [1.29, 1.82) is 0 Å². The van der Waals surface area contributed by atoms with Crippen LogP contribution in [0.1, 0.15) is 40.0 Å². The number of hydrogen-bond donors (Lipinski definition) is 3. The van der Waals surface area contributed by atoms with Crippen LogP contribution in [0.2, 0.25) is 0 Å². The predicted octanol–water partition coefficient (Wildman–Crippen LogP) is 5.48. The first-order valence-electron chi connectivity index (χ1n) is 10.3. The van der Waals surface area contributed by atoms with Gasteiger partial charge < -0.3 is 24.5 Å². The molecule has 0 saturated heterocycles. The molecule has 1 heterocycles. The SMILES string of the molecule is CC1=C(COc2cc(O)cc3oc(-c4ccc(O)c(O)c4)cc(=O)c23)CCC(C)(C)C1. The lowest BCUT2D eigenvalue weighted by atomic mass is 9.75. The molecule has 0 bridgehead atoms. The van der Waals surface area contributed by atoms with Crippen LogP contribution in [0.5, 0.6) is 23.0 Å². The van der Waals surface area contributed by atoms with Crippen molar-refractivity contribution in [3.63, 3.8) is 0 Å². The van der Waals surface area contributed by atoms with Gasteiger partial charge in [-0.1, -0.05) is 19.4 Å². The van der Waals surface area contributed by atoms with Crippen LogP contribution >= 0.6 is 0 Å². The van der Waals surface area contributed by atoms with Gasteiger partial charge in [0, 0.05) is 23.8 Å². The fraction of sp³-hybridized carbons (Fsp3) is 0.320. The minimum Gasteiger partial charge on any atom is -0.508 e. The molecule has 0 atom stereocenters. The van der Waals surface area contributed by atoms with Gasteiger partial charge in [0.2, 0.25) is 0 Å². The van der Waals surface area contributed by atoms with Gasteiger partial charge in [0.1, 0.15) is 34.8 Å². The molecule has 3 aromatic rings. The monoisotopic (exact) mass is 422 g/mol. The van der Waals surface area contributed by atoms with Gasteiger partial charge in [-0.15, -0.1) is 0 Å². The molecule has 1 aromatic heterocycles. The Morgan fingerprint density at radius 2 is 1.84 bits per heavy atom. The van der Waals surface area contributed by atoms with Gasteiger partial charge in [0.25, 0.3) is 0 Å². The zero-order valence-corrected chi connectivity index (χ0v) is 17.9. The summed E-state index contributed by atoms with van der Waals surface area (Å²) in [4.78, 5) is 12.9. The van der Waals surface area contributed by atoms with Crippen molar-refractivity contribution in [2.75, 3.05) is 6.61 Å². The van der Waals surface area contributed by atoms with E-state index in [2.05, 4.69) is 20.8 Å². The molecule has 0 saturated carbocycles. The van der Waals surface area contributed by atoms with E-state index < -0.39 is 0 Å². The summed E-state index contributed by atoms with van der Waals surface area (Å²) in [6.07, 6.45) is 3.03. The smallest absolute Gasteiger partial charge is 0.197 e. The zero-order chi connectivity index (χ0) is 22.3. The van der Waals surface area contributed by atoms with E-state index in [1.807, 2.05) is 0 Å². The van der Waals surface area contributed by atoms with Crippen LogP contribution < -0.4 is 10.2 Å². The molecule has 0 spiro atoms. The third-order valence-electron chi connectivity index (χ3n) is 5.89. The molecular weight excluding hydrogens is 396 g/mol. The maximum absolute atomic E-state index is 12.9. The van der Waals surface area contributed by atoms with Crippen LogP contribution in [0.25, 0.3) is 22.3 Å². The topological polar surface area (TPSA) is 100 Å². The summed E-state index contributed by atoms with van der Waals surface area (Å²) in [5, 5.41) is 29.7. The molecule has 31 heavy (non-hydrogen) atoms. The molecule has 1 aliphatic rings. The summed E-state index contributed by atoms with van der Waals surface area (Å²) in [5.41, 5.74) is 3.09. The van der Waals surface area contributed by atoms with Crippen LogP contribution in [0, 0.1) is 5.41 Å². The van der Waals surface area contributed by atoms with E-state index in [0.717, 1.165) is 19.3 Å². The third kappa shape index (κ3) is 4.24. The van der Waals surface area contributed by atoms with Crippen LogP contribution in [0.4, 0.5) is 0 Å². The van der Waals surface area contributed by atoms with Crippen LogP contribution in [-0.2, 0) is 0 Å². The zero-order valence-electron chi connectivity index (χ0n) is 17.9. The Kier molecular flexibility index (Phi) is 5.17. The molecule has 0 unspecified atom stereocenters. The van der Waals surface area contributed by atoms with Crippen molar-refractivity contribution in [2.45, 2.75) is 40.0 Å². The molecule has 2 aromatic carbocycles. The average Bonchev–Trinajstić information content (AvgIpc) is 2.68. The minimum absolute atomic E-state index is 0.0770. The van der Waals surface area contributed by atoms with Gasteiger partial charge in [-0.3, -0.25) is 4.79 Å². The Morgan fingerprint density at radius 3 is 2.55 bits per heavy atom. The highest BCUT2D eigenvalue weighted by atomic mass is 16.5. The van der Waals surface area contributed by atoms with Crippen molar-refractivity contribution in [3.8, 4) is 34.3 Å². The van der Waals surface area contributed by atoms with E-state index >= 15 is 0 Å². The Balaban J connectivity index is 1.70. The summed E-state index contributed by atoms with van der Waals surface area (Å²) < 4.78 is 11.8. The molecule has 0 amide bonds. The molecule has 3 N–H and O–H groups in total. The summed E-state index contributed by atoms with van der Waals surface area (Å²) in [5.74, 6) is -0.186. The Bertz CT molecular complexity index is 1250.